The number of esters is 1. The van der Waals surface area contributed by atoms with Gasteiger partial charge in [-0.05, 0) is 18.6 Å². The fourth-order valence-electron chi connectivity index (χ4n) is 1.66. The highest BCUT2D eigenvalue weighted by Crippen LogP contribution is 2.21. The van der Waals surface area contributed by atoms with Crippen molar-refractivity contribution in [1.82, 2.24) is 20.0 Å². The molecule has 0 saturated heterocycles. The molecule has 0 aromatic carbocycles. The number of rotatable bonds is 4. The number of carbonyl (C=O) groups excluding carboxylic acids is 1. The van der Waals surface area contributed by atoms with Crippen LogP contribution in [0.5, 0.6) is 0 Å². The van der Waals surface area contributed by atoms with E-state index in [9.17, 15) is 9.59 Å². The van der Waals surface area contributed by atoms with Gasteiger partial charge in [-0.2, -0.15) is 0 Å². The summed E-state index contributed by atoms with van der Waals surface area (Å²) in [6.45, 7) is 1.51. The number of carbonyl (C=O) groups is 2. The van der Waals surface area contributed by atoms with Gasteiger partial charge < -0.3 is 9.84 Å². The first-order chi connectivity index (χ1) is 9.51. The number of aromatic nitrogens is 4. The first-order valence-corrected chi connectivity index (χ1v) is 5.68. The van der Waals surface area contributed by atoms with Crippen LogP contribution >= 0.6 is 0 Å². The maximum absolute atomic E-state index is 11.7. The second-order valence-corrected chi connectivity index (χ2v) is 4.10. The molecule has 0 saturated carbocycles. The topological polar surface area (TPSA) is 107 Å². The van der Waals surface area contributed by atoms with E-state index < -0.39 is 11.9 Å². The summed E-state index contributed by atoms with van der Waals surface area (Å²) in [5.41, 5.74) is 1.76. The molecular weight excluding hydrogens is 264 g/mol. The van der Waals surface area contributed by atoms with Gasteiger partial charge in [0.1, 0.15) is 12.2 Å². The van der Waals surface area contributed by atoms with Crippen molar-refractivity contribution in [3.63, 3.8) is 0 Å². The molecule has 2 aromatic rings. The van der Waals surface area contributed by atoms with Crippen LogP contribution in [0.15, 0.2) is 18.5 Å². The molecule has 0 radical (unpaired) electrons. The average molecular weight is 276 g/mol. The first kappa shape index (κ1) is 13.7. The van der Waals surface area contributed by atoms with Crippen molar-refractivity contribution in [2.75, 3.05) is 7.11 Å². The van der Waals surface area contributed by atoms with Crippen molar-refractivity contribution in [3.8, 4) is 11.3 Å². The van der Waals surface area contributed by atoms with E-state index in [1.807, 2.05) is 6.92 Å². The van der Waals surface area contributed by atoms with Crippen LogP contribution in [0.3, 0.4) is 0 Å². The Morgan fingerprint density at radius 3 is 2.85 bits per heavy atom. The Morgan fingerprint density at radius 2 is 2.20 bits per heavy atom. The summed E-state index contributed by atoms with van der Waals surface area (Å²) >= 11 is 0. The van der Waals surface area contributed by atoms with Crippen LogP contribution in [-0.2, 0) is 16.1 Å². The molecule has 0 bridgehead atoms. The van der Waals surface area contributed by atoms with E-state index in [-0.39, 0.29) is 12.2 Å². The summed E-state index contributed by atoms with van der Waals surface area (Å²) in [4.78, 5) is 26.3. The van der Waals surface area contributed by atoms with Gasteiger partial charge >= 0.3 is 11.9 Å². The molecule has 8 heteroatoms. The van der Waals surface area contributed by atoms with Gasteiger partial charge in [0.15, 0.2) is 5.69 Å². The molecular formula is C12H12N4O4. The molecule has 104 valence electrons. The summed E-state index contributed by atoms with van der Waals surface area (Å²) in [7, 11) is 1.26. The third-order valence-electron chi connectivity index (χ3n) is 2.52. The van der Waals surface area contributed by atoms with Crippen LogP contribution in [0.4, 0.5) is 0 Å². The van der Waals surface area contributed by atoms with Gasteiger partial charge in [0.25, 0.3) is 0 Å². The largest absolute Gasteiger partial charge is 0.480 e. The lowest BCUT2D eigenvalue weighted by Gasteiger charge is -2.05. The molecule has 8 nitrogen and oxygen atoms in total. The molecule has 2 aromatic heterocycles. The van der Waals surface area contributed by atoms with Gasteiger partial charge in [0.05, 0.1) is 13.3 Å². The van der Waals surface area contributed by atoms with Gasteiger partial charge in [0.2, 0.25) is 0 Å². The molecule has 2 heterocycles. The van der Waals surface area contributed by atoms with Gasteiger partial charge in [-0.25, -0.2) is 14.5 Å². The average Bonchev–Trinajstić information content (AvgIpc) is 2.85. The minimum absolute atomic E-state index is 0.112. The number of nitrogens with zero attached hydrogens (tertiary/aromatic N) is 4. The molecule has 2 rings (SSSR count). The maximum Gasteiger partial charge on any atom is 0.357 e. The van der Waals surface area contributed by atoms with E-state index in [1.165, 1.54) is 24.2 Å². The summed E-state index contributed by atoms with van der Waals surface area (Å²) in [5.74, 6) is -1.62. The number of aliphatic carboxylic acids is 1. The number of ether oxygens (including phenoxy) is 1. The normalized spacial score (nSPS) is 10.3. The second kappa shape index (κ2) is 5.47. The minimum atomic E-state index is -1.03. The summed E-state index contributed by atoms with van der Waals surface area (Å²) < 4.78 is 5.83. The zero-order valence-electron chi connectivity index (χ0n) is 10.9. The van der Waals surface area contributed by atoms with E-state index in [0.717, 1.165) is 5.56 Å². The third kappa shape index (κ3) is 2.79. The lowest BCUT2D eigenvalue weighted by molar-refractivity contribution is -0.137. The second-order valence-electron chi connectivity index (χ2n) is 4.10. The van der Waals surface area contributed by atoms with Crippen molar-refractivity contribution >= 4 is 11.9 Å². The van der Waals surface area contributed by atoms with E-state index >= 15 is 0 Å². The molecule has 0 fully saturated rings. The number of carboxylic acids is 1. The molecule has 0 aliphatic rings. The maximum atomic E-state index is 11.7. The van der Waals surface area contributed by atoms with Gasteiger partial charge in [0, 0.05) is 11.8 Å². The summed E-state index contributed by atoms with van der Waals surface area (Å²) in [5, 5.41) is 16.3. The van der Waals surface area contributed by atoms with Crippen molar-refractivity contribution in [2.45, 2.75) is 13.5 Å². The Labute approximate surface area is 114 Å². The lowest BCUT2D eigenvalue weighted by Crippen LogP contribution is -2.09. The predicted octanol–water partition coefficient (Wildman–Crippen LogP) is 0.520. The molecule has 0 aliphatic heterocycles. The monoisotopic (exact) mass is 276 g/mol. The Kier molecular flexibility index (Phi) is 3.74. The zero-order valence-corrected chi connectivity index (χ0v) is 10.9. The van der Waals surface area contributed by atoms with Crippen LogP contribution in [0.2, 0.25) is 0 Å². The highest BCUT2D eigenvalue weighted by molar-refractivity contribution is 5.94. The Balaban J connectivity index is 2.45. The minimum Gasteiger partial charge on any atom is -0.480 e. The van der Waals surface area contributed by atoms with Crippen LogP contribution in [0, 0.1) is 6.92 Å². The number of methoxy groups -OCH3 is 1. The summed E-state index contributed by atoms with van der Waals surface area (Å²) in [6.07, 6.45) is 2.98. The van der Waals surface area contributed by atoms with E-state index in [0.29, 0.717) is 11.3 Å². The Morgan fingerprint density at radius 1 is 1.45 bits per heavy atom. The van der Waals surface area contributed by atoms with Gasteiger partial charge in [-0.1, -0.05) is 5.21 Å². The molecule has 0 spiro atoms. The molecule has 0 atom stereocenters. The molecule has 0 aliphatic carbocycles. The molecule has 20 heavy (non-hydrogen) atoms. The SMILES string of the molecule is COC(=O)c1ncc(C)cc1-c1cn(CC(=O)O)nn1. The van der Waals surface area contributed by atoms with Crippen LogP contribution < -0.4 is 0 Å². The highest BCUT2D eigenvalue weighted by Gasteiger charge is 2.18. The van der Waals surface area contributed by atoms with Crippen LogP contribution in [-0.4, -0.2) is 44.1 Å². The fraction of sp³-hybridized carbons (Fsp3) is 0.250. The number of hydrogen-bond acceptors (Lipinski definition) is 6. The van der Waals surface area contributed by atoms with Crippen molar-refractivity contribution < 1.29 is 19.4 Å². The number of carboxylic acid groups (broad SMARTS) is 1. The highest BCUT2D eigenvalue weighted by atomic mass is 16.5. The lowest BCUT2D eigenvalue weighted by atomic mass is 10.1. The van der Waals surface area contributed by atoms with Crippen LogP contribution in [0.1, 0.15) is 16.1 Å². The number of pyridine rings is 1. The Hall–Kier alpha value is -2.77. The smallest absolute Gasteiger partial charge is 0.357 e. The number of hydrogen-bond donors (Lipinski definition) is 1. The first-order valence-electron chi connectivity index (χ1n) is 5.68. The quantitative estimate of drug-likeness (QED) is 0.811. The predicted molar refractivity (Wildman–Crippen MR) is 67.0 cm³/mol. The van der Waals surface area contributed by atoms with Crippen molar-refractivity contribution in [1.29, 1.82) is 0 Å². The third-order valence-corrected chi connectivity index (χ3v) is 2.52. The zero-order chi connectivity index (χ0) is 14.7. The van der Waals surface area contributed by atoms with Crippen LogP contribution in [0.25, 0.3) is 11.3 Å². The standard InChI is InChI=1S/C12H12N4O4/c1-7-3-8(11(13-4-7)12(19)20-2)9-5-16(15-14-9)6-10(17)18/h3-5H,6H2,1-2H3,(H,17,18). The van der Waals surface area contributed by atoms with E-state index in [4.69, 9.17) is 5.11 Å². The molecule has 0 amide bonds. The van der Waals surface area contributed by atoms with Crippen molar-refractivity contribution in [2.24, 2.45) is 0 Å². The van der Waals surface area contributed by atoms with Crippen molar-refractivity contribution in [3.05, 3.63) is 29.7 Å². The van der Waals surface area contributed by atoms with E-state index in [2.05, 4.69) is 20.0 Å². The van der Waals surface area contributed by atoms with Gasteiger partial charge in [-0.3, -0.25) is 4.79 Å². The van der Waals surface area contributed by atoms with E-state index in [1.54, 1.807) is 6.07 Å². The van der Waals surface area contributed by atoms with Gasteiger partial charge in [-0.15, -0.1) is 5.10 Å². The fourth-order valence-corrected chi connectivity index (χ4v) is 1.66. The molecule has 0 unspecified atom stereocenters. The Bertz CT molecular complexity index is 665. The summed E-state index contributed by atoms with van der Waals surface area (Å²) in [6, 6.07) is 1.72. The molecule has 1 N–H and O–H groups in total. The number of aryl methyl sites for hydroxylation is 1.